The second-order valence-corrected chi connectivity index (χ2v) is 6.07. The van der Waals surface area contributed by atoms with Gasteiger partial charge in [0.25, 0.3) is 0 Å². The van der Waals surface area contributed by atoms with E-state index in [4.69, 9.17) is 0 Å². The van der Waals surface area contributed by atoms with Gasteiger partial charge in [0.1, 0.15) is 0 Å². The molecule has 3 rings (SSSR count). The summed E-state index contributed by atoms with van der Waals surface area (Å²) < 4.78 is 0. The van der Waals surface area contributed by atoms with Gasteiger partial charge in [0, 0.05) is 25.1 Å². The first-order valence-corrected chi connectivity index (χ1v) is 7.77. The van der Waals surface area contributed by atoms with Gasteiger partial charge in [0.05, 0.1) is 0 Å². The van der Waals surface area contributed by atoms with Crippen molar-refractivity contribution >= 4 is 5.91 Å². The Labute approximate surface area is 120 Å². The number of benzene rings is 1. The maximum absolute atomic E-state index is 12.8. The van der Waals surface area contributed by atoms with Gasteiger partial charge in [0.2, 0.25) is 5.91 Å². The molecule has 3 heteroatoms. The maximum atomic E-state index is 12.8. The van der Waals surface area contributed by atoms with E-state index in [0.717, 1.165) is 38.6 Å². The first-order valence-electron chi connectivity index (χ1n) is 7.77. The Morgan fingerprint density at radius 2 is 1.90 bits per heavy atom. The Bertz CT molecular complexity index is 459. The zero-order valence-corrected chi connectivity index (χ0v) is 11.9. The van der Waals surface area contributed by atoms with Crippen molar-refractivity contribution in [1.29, 1.82) is 0 Å². The first-order chi connectivity index (χ1) is 9.79. The number of nitrogens with zero attached hydrogens (tertiary/aromatic N) is 1. The first kappa shape index (κ1) is 13.6. The molecule has 0 radical (unpaired) electrons. The Hall–Kier alpha value is -1.35. The molecule has 1 aromatic rings. The maximum Gasteiger partial charge on any atom is 0.226 e. The van der Waals surface area contributed by atoms with Crippen LogP contribution in [0.5, 0.6) is 0 Å². The summed E-state index contributed by atoms with van der Waals surface area (Å²) in [6, 6.07) is 8.65. The van der Waals surface area contributed by atoms with E-state index in [1.54, 1.807) is 0 Å². The molecule has 0 bridgehead atoms. The highest BCUT2D eigenvalue weighted by Gasteiger charge is 2.34. The molecule has 1 saturated heterocycles. The van der Waals surface area contributed by atoms with Crippen LogP contribution in [-0.2, 0) is 17.6 Å². The number of fused-ring (bicyclic) bond motifs is 1. The van der Waals surface area contributed by atoms with Gasteiger partial charge in [-0.25, -0.2) is 0 Å². The summed E-state index contributed by atoms with van der Waals surface area (Å²) in [5, 5.41) is 9.19. The molecule has 20 heavy (non-hydrogen) atoms. The average Bonchev–Trinajstić information content (AvgIpc) is 2.91. The van der Waals surface area contributed by atoms with Gasteiger partial charge < -0.3 is 10.0 Å². The fourth-order valence-electron chi connectivity index (χ4n) is 3.71. The third-order valence-corrected chi connectivity index (χ3v) is 4.77. The van der Waals surface area contributed by atoms with Crippen LogP contribution in [0.15, 0.2) is 24.3 Å². The van der Waals surface area contributed by atoms with Crippen molar-refractivity contribution in [3.05, 3.63) is 35.4 Å². The van der Waals surface area contributed by atoms with Crippen LogP contribution in [0.3, 0.4) is 0 Å². The highest BCUT2D eigenvalue weighted by Crippen LogP contribution is 2.30. The standard InChI is InChI=1S/C17H23NO2/c19-10-8-16-7-3-4-9-18(16)17(20)15-11-13-5-1-2-6-14(13)12-15/h1-2,5-6,15-16,19H,3-4,7-12H2. The molecule has 3 nitrogen and oxygen atoms in total. The van der Waals surface area contributed by atoms with E-state index in [0.29, 0.717) is 5.91 Å². The van der Waals surface area contributed by atoms with Crippen molar-refractivity contribution in [3.8, 4) is 0 Å². The highest BCUT2D eigenvalue weighted by atomic mass is 16.3. The molecule has 1 atom stereocenters. The molecular formula is C17H23NO2. The largest absolute Gasteiger partial charge is 0.396 e. The predicted molar refractivity (Wildman–Crippen MR) is 78.4 cm³/mol. The summed E-state index contributed by atoms with van der Waals surface area (Å²) in [7, 11) is 0. The lowest BCUT2D eigenvalue weighted by atomic mass is 9.96. The van der Waals surface area contributed by atoms with Crippen LogP contribution in [-0.4, -0.2) is 35.1 Å². The quantitative estimate of drug-likeness (QED) is 0.917. The topological polar surface area (TPSA) is 40.5 Å². The van der Waals surface area contributed by atoms with E-state index in [9.17, 15) is 9.90 Å². The van der Waals surface area contributed by atoms with Crippen LogP contribution in [0.25, 0.3) is 0 Å². The number of hydrogen-bond donors (Lipinski definition) is 1. The lowest BCUT2D eigenvalue weighted by molar-refractivity contribution is -0.139. The Kier molecular flexibility index (Phi) is 4.06. The summed E-state index contributed by atoms with van der Waals surface area (Å²) >= 11 is 0. The monoisotopic (exact) mass is 273 g/mol. The summed E-state index contributed by atoms with van der Waals surface area (Å²) in [6.07, 6.45) is 5.83. The minimum absolute atomic E-state index is 0.117. The molecule has 1 unspecified atom stereocenters. The molecule has 108 valence electrons. The number of likely N-dealkylation sites (tertiary alicyclic amines) is 1. The number of aliphatic hydroxyl groups excluding tert-OH is 1. The molecule has 1 fully saturated rings. The SMILES string of the molecule is O=C(C1Cc2ccccc2C1)N1CCCCC1CCO. The Morgan fingerprint density at radius 3 is 2.55 bits per heavy atom. The number of rotatable bonds is 3. The molecule has 1 aliphatic heterocycles. The van der Waals surface area contributed by atoms with E-state index in [1.807, 2.05) is 0 Å². The molecule has 1 aromatic carbocycles. The third kappa shape index (κ3) is 2.59. The summed E-state index contributed by atoms with van der Waals surface area (Å²) in [4.78, 5) is 14.9. The molecular weight excluding hydrogens is 250 g/mol. The van der Waals surface area contributed by atoms with Crippen LogP contribution in [0.2, 0.25) is 0 Å². The van der Waals surface area contributed by atoms with Gasteiger partial charge in [-0.1, -0.05) is 24.3 Å². The minimum atomic E-state index is 0.117. The molecule has 0 aromatic heterocycles. The fourth-order valence-corrected chi connectivity index (χ4v) is 3.71. The molecule has 1 N–H and O–H groups in total. The van der Waals surface area contributed by atoms with Crippen molar-refractivity contribution in [2.24, 2.45) is 5.92 Å². The molecule has 1 heterocycles. The smallest absolute Gasteiger partial charge is 0.226 e. The average molecular weight is 273 g/mol. The van der Waals surface area contributed by atoms with Crippen LogP contribution in [0.4, 0.5) is 0 Å². The molecule has 0 saturated carbocycles. The van der Waals surface area contributed by atoms with Crippen molar-refractivity contribution in [3.63, 3.8) is 0 Å². The molecule has 1 aliphatic carbocycles. The number of aliphatic hydroxyl groups is 1. The van der Waals surface area contributed by atoms with Crippen molar-refractivity contribution in [2.75, 3.05) is 13.2 Å². The van der Waals surface area contributed by atoms with E-state index >= 15 is 0 Å². The summed E-state index contributed by atoms with van der Waals surface area (Å²) in [5.74, 6) is 0.422. The zero-order chi connectivity index (χ0) is 13.9. The number of hydrogen-bond acceptors (Lipinski definition) is 2. The number of amides is 1. The van der Waals surface area contributed by atoms with E-state index in [1.165, 1.54) is 17.5 Å². The second kappa shape index (κ2) is 5.96. The Balaban J connectivity index is 1.70. The number of carbonyl (C=O) groups excluding carboxylic acids is 1. The van der Waals surface area contributed by atoms with E-state index in [-0.39, 0.29) is 18.6 Å². The Morgan fingerprint density at radius 1 is 1.20 bits per heavy atom. The van der Waals surface area contributed by atoms with Gasteiger partial charge in [-0.15, -0.1) is 0 Å². The van der Waals surface area contributed by atoms with Gasteiger partial charge in [0.15, 0.2) is 0 Å². The van der Waals surface area contributed by atoms with Crippen LogP contribution < -0.4 is 0 Å². The zero-order valence-electron chi connectivity index (χ0n) is 11.9. The van der Waals surface area contributed by atoms with Crippen molar-refractivity contribution in [1.82, 2.24) is 4.90 Å². The molecule has 1 amide bonds. The summed E-state index contributed by atoms with van der Waals surface area (Å²) in [5.41, 5.74) is 2.67. The van der Waals surface area contributed by atoms with Crippen LogP contribution in [0.1, 0.15) is 36.8 Å². The molecule has 0 spiro atoms. The van der Waals surface area contributed by atoms with Crippen LogP contribution >= 0.6 is 0 Å². The highest BCUT2D eigenvalue weighted by molar-refractivity contribution is 5.81. The van der Waals surface area contributed by atoms with E-state index < -0.39 is 0 Å². The minimum Gasteiger partial charge on any atom is -0.396 e. The number of carbonyl (C=O) groups is 1. The van der Waals surface area contributed by atoms with Crippen LogP contribution in [0, 0.1) is 5.92 Å². The fraction of sp³-hybridized carbons (Fsp3) is 0.588. The predicted octanol–water partition coefficient (Wildman–Crippen LogP) is 2.16. The second-order valence-electron chi connectivity index (χ2n) is 6.07. The molecule has 2 aliphatic rings. The van der Waals surface area contributed by atoms with E-state index in [2.05, 4.69) is 29.2 Å². The van der Waals surface area contributed by atoms with Gasteiger partial charge in [-0.05, 0) is 49.7 Å². The normalized spacial score (nSPS) is 22.9. The third-order valence-electron chi connectivity index (χ3n) is 4.77. The van der Waals surface area contributed by atoms with Gasteiger partial charge >= 0.3 is 0 Å². The lowest BCUT2D eigenvalue weighted by Crippen LogP contribution is -2.47. The van der Waals surface area contributed by atoms with Gasteiger partial charge in [-0.3, -0.25) is 4.79 Å². The lowest BCUT2D eigenvalue weighted by Gasteiger charge is -2.37. The van der Waals surface area contributed by atoms with Crippen molar-refractivity contribution in [2.45, 2.75) is 44.6 Å². The van der Waals surface area contributed by atoms with Gasteiger partial charge in [-0.2, -0.15) is 0 Å². The summed E-state index contributed by atoms with van der Waals surface area (Å²) in [6.45, 7) is 1.05. The van der Waals surface area contributed by atoms with Crippen molar-refractivity contribution < 1.29 is 9.90 Å². The number of piperidine rings is 1.